The van der Waals surface area contributed by atoms with Crippen LogP contribution >= 0.6 is 35.3 Å². The van der Waals surface area contributed by atoms with E-state index >= 15 is 0 Å². The van der Waals surface area contributed by atoms with Crippen LogP contribution in [0.4, 0.5) is 0 Å². The van der Waals surface area contributed by atoms with Crippen LogP contribution in [0.1, 0.15) is 16.7 Å². The zero-order valence-electron chi connectivity index (χ0n) is 11.3. The van der Waals surface area contributed by atoms with Crippen LogP contribution in [0.25, 0.3) is 0 Å². The first-order valence-electron chi connectivity index (χ1n) is 5.89. The Morgan fingerprint density at radius 2 is 0.905 bits per heavy atom. The minimum absolute atomic E-state index is 0.0816. The molecule has 0 amide bonds. The molecule has 21 heavy (non-hydrogen) atoms. The van der Waals surface area contributed by atoms with Crippen LogP contribution in [0, 0.1) is 16.2 Å². The van der Waals surface area contributed by atoms with Crippen LogP contribution < -0.4 is 17.2 Å². The molecular formula is C12H18N6S3. The van der Waals surface area contributed by atoms with Crippen LogP contribution in [0.3, 0.4) is 0 Å². The fraction of sp³-hybridized carbons (Fsp3) is 0.250. The lowest BCUT2D eigenvalue weighted by Crippen LogP contribution is -2.06. The minimum atomic E-state index is 0.0816. The maximum Gasteiger partial charge on any atom is 0.151 e. The summed E-state index contributed by atoms with van der Waals surface area (Å²) in [7, 11) is 0. The van der Waals surface area contributed by atoms with E-state index in [9.17, 15) is 0 Å². The van der Waals surface area contributed by atoms with E-state index in [0.717, 1.165) is 16.7 Å². The summed E-state index contributed by atoms with van der Waals surface area (Å²) in [5.41, 5.74) is 19.2. The standard InChI is InChI=1S/C12H18N6S3/c13-10(14)19-4-7-1-8(5-20-11(15)16)3-9(2-7)6-21-12(17)18/h1-3H,4-6H2,(H3,13,14)(H3,15,16)(H3,17,18). The molecule has 1 aromatic rings. The average molecular weight is 343 g/mol. The molecule has 0 aromatic heterocycles. The Morgan fingerprint density at radius 3 is 1.10 bits per heavy atom. The summed E-state index contributed by atoms with van der Waals surface area (Å²) in [4.78, 5) is 0. The number of hydrogen-bond acceptors (Lipinski definition) is 6. The Labute approximate surface area is 136 Å². The molecule has 0 unspecified atom stereocenters. The summed E-state index contributed by atoms with van der Waals surface area (Å²) in [6.07, 6.45) is 0. The van der Waals surface area contributed by atoms with Gasteiger partial charge < -0.3 is 17.2 Å². The first kappa shape index (κ1) is 17.7. The molecule has 9 heteroatoms. The van der Waals surface area contributed by atoms with Gasteiger partial charge in [0.15, 0.2) is 15.5 Å². The van der Waals surface area contributed by atoms with Gasteiger partial charge in [-0.15, -0.1) is 0 Å². The van der Waals surface area contributed by atoms with Gasteiger partial charge in [0, 0.05) is 17.3 Å². The van der Waals surface area contributed by atoms with Crippen molar-refractivity contribution >= 4 is 50.8 Å². The molecule has 0 atom stereocenters. The summed E-state index contributed by atoms with van der Waals surface area (Å²) < 4.78 is 0. The molecule has 0 aliphatic carbocycles. The van der Waals surface area contributed by atoms with Gasteiger partial charge in [0.2, 0.25) is 0 Å². The number of nitrogens with two attached hydrogens (primary N) is 3. The topological polar surface area (TPSA) is 150 Å². The van der Waals surface area contributed by atoms with Gasteiger partial charge in [0.25, 0.3) is 0 Å². The molecule has 0 saturated heterocycles. The van der Waals surface area contributed by atoms with E-state index in [2.05, 4.69) is 0 Å². The van der Waals surface area contributed by atoms with Gasteiger partial charge in [-0.25, -0.2) is 0 Å². The number of amidine groups is 3. The maximum atomic E-state index is 7.27. The van der Waals surface area contributed by atoms with Gasteiger partial charge in [0.05, 0.1) is 0 Å². The van der Waals surface area contributed by atoms with Crippen LogP contribution in [0.2, 0.25) is 0 Å². The number of hydrogen-bond donors (Lipinski definition) is 6. The van der Waals surface area contributed by atoms with Crippen molar-refractivity contribution in [3.8, 4) is 0 Å². The van der Waals surface area contributed by atoms with Crippen LogP contribution in [-0.4, -0.2) is 15.5 Å². The van der Waals surface area contributed by atoms with Crippen LogP contribution in [0.15, 0.2) is 18.2 Å². The fourth-order valence-corrected chi connectivity index (χ4v) is 3.04. The second-order valence-electron chi connectivity index (χ2n) is 4.12. The Morgan fingerprint density at radius 1 is 0.667 bits per heavy atom. The highest BCUT2D eigenvalue weighted by Gasteiger charge is 2.05. The molecule has 0 spiro atoms. The lowest BCUT2D eigenvalue weighted by molar-refractivity contribution is 1.27. The Balaban J connectivity index is 2.86. The molecule has 1 rings (SSSR count). The van der Waals surface area contributed by atoms with Crippen molar-refractivity contribution in [2.45, 2.75) is 17.3 Å². The minimum Gasteiger partial charge on any atom is -0.379 e. The molecule has 0 aliphatic heterocycles. The molecule has 0 saturated carbocycles. The Bertz CT molecular complexity index is 457. The number of thioether (sulfide) groups is 3. The van der Waals surface area contributed by atoms with E-state index in [1.807, 2.05) is 18.2 Å². The number of rotatable bonds is 6. The highest BCUT2D eigenvalue weighted by atomic mass is 32.2. The van der Waals surface area contributed by atoms with Gasteiger partial charge in [0.1, 0.15) is 0 Å². The van der Waals surface area contributed by atoms with Gasteiger partial charge in [-0.3, -0.25) is 16.2 Å². The van der Waals surface area contributed by atoms with Crippen LogP contribution in [0.5, 0.6) is 0 Å². The third-order valence-corrected chi connectivity index (χ3v) is 4.66. The summed E-state index contributed by atoms with van der Waals surface area (Å²) >= 11 is 3.79. The molecule has 1 aromatic carbocycles. The van der Waals surface area contributed by atoms with E-state index in [4.69, 9.17) is 33.4 Å². The lowest BCUT2D eigenvalue weighted by Gasteiger charge is -2.09. The summed E-state index contributed by atoms with van der Waals surface area (Å²) in [6, 6.07) is 6.06. The van der Waals surface area contributed by atoms with E-state index in [1.54, 1.807) is 0 Å². The molecule has 0 heterocycles. The van der Waals surface area contributed by atoms with E-state index < -0.39 is 0 Å². The van der Waals surface area contributed by atoms with Crippen molar-refractivity contribution in [2.24, 2.45) is 17.2 Å². The molecule has 0 radical (unpaired) electrons. The number of nitrogens with one attached hydrogen (secondary N) is 3. The van der Waals surface area contributed by atoms with Gasteiger partial charge >= 0.3 is 0 Å². The summed E-state index contributed by atoms with van der Waals surface area (Å²) in [5, 5.41) is 22.1. The number of benzene rings is 1. The second-order valence-corrected chi connectivity index (χ2v) is 7.17. The Hall–Kier alpha value is -1.32. The zero-order chi connectivity index (χ0) is 15.8. The average Bonchev–Trinajstić information content (AvgIpc) is 2.40. The highest BCUT2D eigenvalue weighted by Crippen LogP contribution is 2.22. The first-order chi connectivity index (χ1) is 9.86. The molecule has 0 bridgehead atoms. The molecular weight excluding hydrogens is 324 g/mol. The van der Waals surface area contributed by atoms with E-state index in [0.29, 0.717) is 17.3 Å². The smallest absolute Gasteiger partial charge is 0.151 e. The van der Waals surface area contributed by atoms with Gasteiger partial charge in [-0.1, -0.05) is 53.5 Å². The molecule has 6 nitrogen and oxygen atoms in total. The predicted octanol–water partition coefficient (Wildman–Crippen LogP) is 2.07. The molecule has 0 fully saturated rings. The largest absolute Gasteiger partial charge is 0.379 e. The van der Waals surface area contributed by atoms with Crippen molar-refractivity contribution in [1.29, 1.82) is 16.2 Å². The predicted molar refractivity (Wildman–Crippen MR) is 96.1 cm³/mol. The Kier molecular flexibility index (Phi) is 7.48. The van der Waals surface area contributed by atoms with Crippen molar-refractivity contribution in [3.05, 3.63) is 34.9 Å². The quantitative estimate of drug-likeness (QED) is 0.344. The van der Waals surface area contributed by atoms with Gasteiger partial charge in [-0.2, -0.15) is 0 Å². The highest BCUT2D eigenvalue weighted by molar-refractivity contribution is 8.13. The lowest BCUT2D eigenvalue weighted by atomic mass is 10.1. The summed E-state index contributed by atoms with van der Waals surface area (Å²) in [5.74, 6) is 1.85. The van der Waals surface area contributed by atoms with Crippen molar-refractivity contribution in [2.75, 3.05) is 0 Å². The zero-order valence-corrected chi connectivity index (χ0v) is 13.8. The monoisotopic (exact) mass is 342 g/mol. The third kappa shape index (κ3) is 7.88. The first-order valence-corrected chi connectivity index (χ1v) is 8.84. The van der Waals surface area contributed by atoms with Crippen molar-refractivity contribution in [3.63, 3.8) is 0 Å². The van der Waals surface area contributed by atoms with E-state index in [1.165, 1.54) is 35.3 Å². The third-order valence-electron chi connectivity index (χ3n) is 2.30. The normalized spacial score (nSPS) is 10.3. The molecule has 0 aliphatic rings. The maximum absolute atomic E-state index is 7.27. The van der Waals surface area contributed by atoms with E-state index in [-0.39, 0.29) is 15.5 Å². The van der Waals surface area contributed by atoms with Crippen molar-refractivity contribution < 1.29 is 0 Å². The fourth-order valence-electron chi connectivity index (χ4n) is 1.57. The second kappa shape index (κ2) is 8.85. The van der Waals surface area contributed by atoms with Gasteiger partial charge in [-0.05, 0) is 16.7 Å². The SMILES string of the molecule is N=C(N)SCc1cc(CSC(=N)N)cc(CSC(=N)N)c1. The summed E-state index contributed by atoms with van der Waals surface area (Å²) in [6.45, 7) is 0. The van der Waals surface area contributed by atoms with Crippen LogP contribution in [-0.2, 0) is 17.3 Å². The van der Waals surface area contributed by atoms with Crippen molar-refractivity contribution in [1.82, 2.24) is 0 Å². The molecule has 9 N–H and O–H groups in total. The molecule has 114 valence electrons.